The van der Waals surface area contributed by atoms with Crippen LogP contribution in [0.1, 0.15) is 16.1 Å². The van der Waals surface area contributed by atoms with E-state index in [1.807, 2.05) is 0 Å². The van der Waals surface area contributed by atoms with Crippen LogP contribution in [0.3, 0.4) is 0 Å². The second-order valence-corrected chi connectivity index (χ2v) is 5.12. The van der Waals surface area contributed by atoms with Gasteiger partial charge in [-0.15, -0.1) is 11.3 Å². The summed E-state index contributed by atoms with van der Waals surface area (Å²) in [6.45, 7) is 1.96. The summed E-state index contributed by atoms with van der Waals surface area (Å²) in [6.07, 6.45) is 0.807. The van der Waals surface area contributed by atoms with Crippen LogP contribution in [0.15, 0.2) is 11.4 Å². The molecule has 0 radical (unpaired) electrons. The fourth-order valence-corrected chi connectivity index (χ4v) is 2.35. The second-order valence-electron chi connectivity index (χ2n) is 3.01. The topological polar surface area (TPSA) is 38.3 Å². The molecule has 1 N–H and O–H groups in total. The van der Waals surface area contributed by atoms with Gasteiger partial charge in [0, 0.05) is 18.5 Å². The standard InChI is InChI=1S/C10H13BrClNO2S/c11-3-6-15-5-1-4-13-10(14)9-8(12)2-7-16-9/h2,7H,1,3-6H2,(H,13,14). The third-order valence-corrected chi connectivity index (χ3v) is 3.46. The Labute approximate surface area is 112 Å². The van der Waals surface area contributed by atoms with Crippen LogP contribution in [-0.2, 0) is 4.74 Å². The van der Waals surface area contributed by atoms with Crippen molar-refractivity contribution in [2.75, 3.05) is 25.1 Å². The molecular formula is C10H13BrClNO2S. The van der Waals surface area contributed by atoms with Gasteiger partial charge in [0.05, 0.1) is 11.6 Å². The van der Waals surface area contributed by atoms with Crippen molar-refractivity contribution in [3.05, 3.63) is 21.3 Å². The number of amides is 1. The van der Waals surface area contributed by atoms with E-state index in [0.29, 0.717) is 29.7 Å². The molecule has 0 spiro atoms. The minimum atomic E-state index is -0.111. The highest BCUT2D eigenvalue weighted by Gasteiger charge is 2.10. The van der Waals surface area contributed by atoms with Crippen LogP contribution in [-0.4, -0.2) is 31.0 Å². The van der Waals surface area contributed by atoms with Crippen LogP contribution in [0.25, 0.3) is 0 Å². The molecule has 1 rings (SSSR count). The predicted octanol–water partition coefficient (Wildman–Crippen LogP) is 2.93. The minimum Gasteiger partial charge on any atom is -0.381 e. The Morgan fingerprint density at radius 2 is 2.38 bits per heavy atom. The first kappa shape index (κ1) is 14.0. The lowest BCUT2D eigenvalue weighted by molar-refractivity contribution is 0.0949. The summed E-state index contributed by atoms with van der Waals surface area (Å²) in [5.74, 6) is -0.111. The first-order valence-corrected chi connectivity index (χ1v) is 7.28. The summed E-state index contributed by atoms with van der Waals surface area (Å²) in [4.78, 5) is 12.2. The van der Waals surface area contributed by atoms with Crippen molar-refractivity contribution < 1.29 is 9.53 Å². The molecule has 1 aromatic rings. The zero-order valence-corrected chi connectivity index (χ0v) is 11.8. The number of alkyl halides is 1. The molecule has 3 nitrogen and oxygen atoms in total. The van der Waals surface area contributed by atoms with Gasteiger partial charge < -0.3 is 10.1 Å². The van der Waals surface area contributed by atoms with E-state index in [4.69, 9.17) is 16.3 Å². The Balaban J connectivity index is 2.14. The number of thiophene rings is 1. The maximum absolute atomic E-state index is 11.6. The minimum absolute atomic E-state index is 0.111. The van der Waals surface area contributed by atoms with Gasteiger partial charge in [0.1, 0.15) is 4.88 Å². The molecule has 0 fully saturated rings. The van der Waals surface area contributed by atoms with Gasteiger partial charge >= 0.3 is 0 Å². The SMILES string of the molecule is O=C(NCCCOCCBr)c1sccc1Cl. The lowest BCUT2D eigenvalue weighted by Crippen LogP contribution is -2.24. The molecular weight excluding hydrogens is 314 g/mol. The lowest BCUT2D eigenvalue weighted by Gasteiger charge is -2.04. The summed E-state index contributed by atoms with van der Waals surface area (Å²) < 4.78 is 5.26. The second kappa shape index (κ2) is 8.06. The van der Waals surface area contributed by atoms with Gasteiger partial charge in [-0.05, 0) is 17.9 Å². The maximum atomic E-state index is 11.6. The van der Waals surface area contributed by atoms with E-state index in [9.17, 15) is 4.79 Å². The average Bonchev–Trinajstić information content (AvgIpc) is 2.69. The number of rotatable bonds is 7. The first-order chi connectivity index (χ1) is 7.75. The van der Waals surface area contributed by atoms with Crippen molar-refractivity contribution in [3.8, 4) is 0 Å². The number of halogens is 2. The van der Waals surface area contributed by atoms with Gasteiger partial charge in [0.15, 0.2) is 0 Å². The van der Waals surface area contributed by atoms with Crippen LogP contribution < -0.4 is 5.32 Å². The van der Waals surface area contributed by atoms with Crippen molar-refractivity contribution >= 4 is 44.8 Å². The fourth-order valence-electron chi connectivity index (χ4n) is 1.07. The van der Waals surface area contributed by atoms with Gasteiger partial charge in [0.25, 0.3) is 5.91 Å². The highest BCUT2D eigenvalue weighted by Crippen LogP contribution is 2.21. The number of hydrogen-bond acceptors (Lipinski definition) is 3. The quantitative estimate of drug-likeness (QED) is 0.618. The number of ether oxygens (including phenoxy) is 1. The number of nitrogens with one attached hydrogen (secondary N) is 1. The average molecular weight is 327 g/mol. The van der Waals surface area contributed by atoms with Gasteiger partial charge in [-0.1, -0.05) is 27.5 Å². The van der Waals surface area contributed by atoms with Gasteiger partial charge in [0.2, 0.25) is 0 Å². The molecule has 0 aromatic carbocycles. The summed E-state index contributed by atoms with van der Waals surface area (Å²) >= 11 is 10.5. The molecule has 0 saturated carbocycles. The molecule has 0 unspecified atom stereocenters. The number of carbonyl (C=O) groups excluding carboxylic acids is 1. The van der Waals surface area contributed by atoms with Crippen LogP contribution in [0.2, 0.25) is 5.02 Å². The van der Waals surface area contributed by atoms with E-state index in [1.165, 1.54) is 11.3 Å². The van der Waals surface area contributed by atoms with Gasteiger partial charge in [-0.3, -0.25) is 4.79 Å². The normalized spacial score (nSPS) is 10.4. The Morgan fingerprint density at radius 3 is 3.00 bits per heavy atom. The van der Waals surface area contributed by atoms with E-state index in [1.54, 1.807) is 11.4 Å². The van der Waals surface area contributed by atoms with Crippen molar-refractivity contribution in [3.63, 3.8) is 0 Å². The van der Waals surface area contributed by atoms with E-state index >= 15 is 0 Å². The predicted molar refractivity (Wildman–Crippen MR) is 70.9 cm³/mol. The van der Waals surface area contributed by atoms with Gasteiger partial charge in [-0.25, -0.2) is 0 Å². The monoisotopic (exact) mass is 325 g/mol. The number of hydrogen-bond donors (Lipinski definition) is 1. The third kappa shape index (κ3) is 4.82. The van der Waals surface area contributed by atoms with Crippen LogP contribution in [0.5, 0.6) is 0 Å². The van der Waals surface area contributed by atoms with E-state index in [-0.39, 0.29) is 5.91 Å². The third-order valence-electron chi connectivity index (χ3n) is 1.80. The molecule has 0 aliphatic rings. The van der Waals surface area contributed by atoms with Crippen molar-refractivity contribution in [1.29, 1.82) is 0 Å². The Kier molecular flexibility index (Phi) is 7.03. The summed E-state index contributed by atoms with van der Waals surface area (Å²) in [7, 11) is 0. The molecule has 90 valence electrons. The molecule has 16 heavy (non-hydrogen) atoms. The Bertz CT molecular complexity index is 332. The van der Waals surface area contributed by atoms with E-state index < -0.39 is 0 Å². The summed E-state index contributed by atoms with van der Waals surface area (Å²) in [5.41, 5.74) is 0. The highest BCUT2D eigenvalue weighted by atomic mass is 79.9. The maximum Gasteiger partial charge on any atom is 0.262 e. The van der Waals surface area contributed by atoms with Gasteiger partial charge in [-0.2, -0.15) is 0 Å². The molecule has 0 aliphatic heterocycles. The molecule has 6 heteroatoms. The Morgan fingerprint density at radius 1 is 1.56 bits per heavy atom. The number of carbonyl (C=O) groups is 1. The largest absolute Gasteiger partial charge is 0.381 e. The molecule has 1 amide bonds. The zero-order chi connectivity index (χ0) is 11.8. The first-order valence-electron chi connectivity index (χ1n) is 4.90. The van der Waals surface area contributed by atoms with Crippen molar-refractivity contribution in [2.45, 2.75) is 6.42 Å². The summed E-state index contributed by atoms with van der Waals surface area (Å²) in [5, 5.41) is 5.95. The highest BCUT2D eigenvalue weighted by molar-refractivity contribution is 9.09. The molecule has 0 atom stereocenters. The fraction of sp³-hybridized carbons (Fsp3) is 0.500. The molecule has 0 saturated heterocycles. The van der Waals surface area contributed by atoms with Crippen molar-refractivity contribution in [1.82, 2.24) is 5.32 Å². The molecule has 1 aromatic heterocycles. The van der Waals surface area contributed by atoms with E-state index in [0.717, 1.165) is 11.8 Å². The smallest absolute Gasteiger partial charge is 0.262 e. The molecule has 0 bridgehead atoms. The lowest BCUT2D eigenvalue weighted by atomic mass is 10.4. The zero-order valence-electron chi connectivity index (χ0n) is 8.67. The van der Waals surface area contributed by atoms with Crippen LogP contribution in [0, 0.1) is 0 Å². The van der Waals surface area contributed by atoms with Crippen LogP contribution in [0.4, 0.5) is 0 Å². The molecule has 0 aliphatic carbocycles. The Hall–Kier alpha value is -0.100. The van der Waals surface area contributed by atoms with Crippen LogP contribution >= 0.6 is 38.9 Å². The summed E-state index contributed by atoms with van der Waals surface area (Å²) in [6, 6.07) is 1.72. The molecule has 1 heterocycles. The van der Waals surface area contributed by atoms with E-state index in [2.05, 4.69) is 21.2 Å². The van der Waals surface area contributed by atoms with Crippen molar-refractivity contribution in [2.24, 2.45) is 0 Å².